The molecule has 2 saturated carbocycles. The Morgan fingerprint density at radius 2 is 2.13 bits per heavy atom. The zero-order valence-electron chi connectivity index (χ0n) is 10.1. The van der Waals surface area contributed by atoms with Crippen molar-refractivity contribution in [3.63, 3.8) is 0 Å². The molecule has 1 nitrogen and oxygen atoms in total. The van der Waals surface area contributed by atoms with Gasteiger partial charge in [-0.05, 0) is 61.9 Å². The van der Waals surface area contributed by atoms with Crippen molar-refractivity contribution in [2.45, 2.75) is 46.5 Å². The summed E-state index contributed by atoms with van der Waals surface area (Å²) in [6.07, 6.45) is 9.23. The Morgan fingerprint density at radius 1 is 1.40 bits per heavy atom. The van der Waals surface area contributed by atoms with Gasteiger partial charge < -0.3 is 0 Å². The van der Waals surface area contributed by atoms with Crippen LogP contribution in [0.3, 0.4) is 0 Å². The van der Waals surface area contributed by atoms with E-state index >= 15 is 0 Å². The Balaban J connectivity index is 2.00. The van der Waals surface area contributed by atoms with Crippen LogP contribution >= 0.6 is 0 Å². The van der Waals surface area contributed by atoms with Gasteiger partial charge in [-0.1, -0.05) is 19.9 Å². The molecular formula is C14H22O. The molecule has 2 bridgehead atoms. The van der Waals surface area contributed by atoms with Gasteiger partial charge in [0.15, 0.2) is 5.78 Å². The van der Waals surface area contributed by atoms with Crippen LogP contribution in [-0.2, 0) is 4.79 Å². The molecule has 3 atom stereocenters. The summed E-state index contributed by atoms with van der Waals surface area (Å²) in [6.45, 7) is 6.47. The third-order valence-corrected chi connectivity index (χ3v) is 4.79. The Hall–Kier alpha value is -0.590. The van der Waals surface area contributed by atoms with Crippen molar-refractivity contribution in [1.29, 1.82) is 0 Å². The largest absolute Gasteiger partial charge is 0.295 e. The minimum absolute atomic E-state index is 0.177. The summed E-state index contributed by atoms with van der Waals surface area (Å²) >= 11 is 0. The van der Waals surface area contributed by atoms with E-state index in [2.05, 4.69) is 19.9 Å². The highest BCUT2D eigenvalue weighted by atomic mass is 16.1. The van der Waals surface area contributed by atoms with Crippen molar-refractivity contribution in [2.75, 3.05) is 0 Å². The van der Waals surface area contributed by atoms with Gasteiger partial charge in [0.05, 0.1) is 0 Å². The topological polar surface area (TPSA) is 17.1 Å². The van der Waals surface area contributed by atoms with Gasteiger partial charge in [0.25, 0.3) is 0 Å². The lowest BCUT2D eigenvalue weighted by atomic mass is 9.67. The van der Waals surface area contributed by atoms with Crippen molar-refractivity contribution in [3.8, 4) is 0 Å². The number of allylic oxidation sites excluding steroid dienone is 2. The number of rotatable bonds is 3. The summed E-state index contributed by atoms with van der Waals surface area (Å²) in [7, 11) is 0. The summed E-state index contributed by atoms with van der Waals surface area (Å²) in [5, 5.41) is 0. The molecule has 0 amide bonds. The van der Waals surface area contributed by atoms with E-state index in [0.29, 0.717) is 5.41 Å². The second-order valence-electron chi connectivity index (χ2n) is 5.95. The fourth-order valence-corrected chi connectivity index (χ4v) is 3.84. The molecule has 2 rings (SSSR count). The number of hydrogen-bond donors (Lipinski definition) is 0. The minimum Gasteiger partial charge on any atom is -0.295 e. The summed E-state index contributed by atoms with van der Waals surface area (Å²) in [6, 6.07) is 0. The zero-order chi connectivity index (χ0) is 11.1. The third kappa shape index (κ3) is 1.89. The average Bonchev–Trinajstić information content (AvgIpc) is 2.66. The number of carbonyl (C=O) groups is 1. The van der Waals surface area contributed by atoms with Gasteiger partial charge >= 0.3 is 0 Å². The fourth-order valence-electron chi connectivity index (χ4n) is 3.84. The van der Waals surface area contributed by atoms with E-state index in [1.165, 1.54) is 19.3 Å². The number of fused-ring (bicyclic) bond motifs is 2. The maximum atomic E-state index is 10.9. The van der Waals surface area contributed by atoms with E-state index in [-0.39, 0.29) is 5.78 Å². The maximum absolute atomic E-state index is 10.9. The van der Waals surface area contributed by atoms with E-state index in [4.69, 9.17) is 0 Å². The highest BCUT2D eigenvalue weighted by molar-refractivity contribution is 5.87. The van der Waals surface area contributed by atoms with E-state index in [1.54, 1.807) is 13.0 Å². The van der Waals surface area contributed by atoms with Crippen LogP contribution in [0.1, 0.15) is 46.5 Å². The van der Waals surface area contributed by atoms with E-state index < -0.39 is 0 Å². The molecule has 0 radical (unpaired) electrons. The summed E-state index contributed by atoms with van der Waals surface area (Å²) in [5.74, 6) is 2.86. The average molecular weight is 206 g/mol. The number of carbonyl (C=O) groups excluding carboxylic acids is 1. The van der Waals surface area contributed by atoms with Gasteiger partial charge in [0, 0.05) is 0 Å². The van der Waals surface area contributed by atoms with Gasteiger partial charge in [-0.15, -0.1) is 0 Å². The first-order valence-electron chi connectivity index (χ1n) is 6.19. The molecule has 0 spiro atoms. The van der Waals surface area contributed by atoms with E-state index in [0.717, 1.165) is 24.2 Å². The standard InChI is InChI=1S/C14H22O/c1-10(15)5-4-6-13-11-7-8-12(9-11)14(13,2)3/h4-5,11-13H,6-9H2,1-3H3/b5-4+/t11-,12+,13-/m0/s1. The lowest BCUT2D eigenvalue weighted by Gasteiger charge is -2.37. The van der Waals surface area contributed by atoms with Crippen molar-refractivity contribution in [1.82, 2.24) is 0 Å². The molecule has 0 N–H and O–H groups in total. The van der Waals surface area contributed by atoms with Crippen molar-refractivity contribution < 1.29 is 4.79 Å². The minimum atomic E-state index is 0.177. The first kappa shape index (κ1) is 10.9. The summed E-state index contributed by atoms with van der Waals surface area (Å²) < 4.78 is 0. The monoisotopic (exact) mass is 206 g/mol. The Bertz CT molecular complexity index is 288. The molecule has 2 aliphatic carbocycles. The molecule has 0 aromatic heterocycles. The normalized spacial score (nSPS) is 37.7. The number of ketones is 1. The van der Waals surface area contributed by atoms with Crippen molar-refractivity contribution in [2.24, 2.45) is 23.2 Å². The Kier molecular flexibility index (Phi) is 2.74. The zero-order valence-corrected chi connectivity index (χ0v) is 10.1. The summed E-state index contributed by atoms with van der Waals surface area (Å²) in [4.78, 5) is 10.9. The van der Waals surface area contributed by atoms with Gasteiger partial charge in [-0.3, -0.25) is 4.79 Å². The van der Waals surface area contributed by atoms with Crippen LogP contribution in [0.15, 0.2) is 12.2 Å². The predicted octanol–water partition coefficient (Wildman–Crippen LogP) is 3.59. The molecular weight excluding hydrogens is 184 g/mol. The molecule has 2 aliphatic rings. The Labute approximate surface area is 92.9 Å². The smallest absolute Gasteiger partial charge is 0.152 e. The van der Waals surface area contributed by atoms with E-state index in [9.17, 15) is 4.79 Å². The van der Waals surface area contributed by atoms with Crippen LogP contribution in [0.4, 0.5) is 0 Å². The highest BCUT2D eigenvalue weighted by Gasteiger charge is 2.51. The van der Waals surface area contributed by atoms with Crippen LogP contribution < -0.4 is 0 Å². The molecule has 1 heteroatoms. The van der Waals surface area contributed by atoms with Crippen molar-refractivity contribution >= 4 is 5.78 Å². The highest BCUT2D eigenvalue weighted by Crippen LogP contribution is 2.60. The van der Waals surface area contributed by atoms with Gasteiger partial charge in [-0.2, -0.15) is 0 Å². The molecule has 15 heavy (non-hydrogen) atoms. The second kappa shape index (κ2) is 3.77. The SMILES string of the molecule is CC(=O)/C=C/C[C@H]1[C@H]2CC[C@H](C2)C1(C)C. The van der Waals surface area contributed by atoms with Crippen LogP contribution in [0.2, 0.25) is 0 Å². The maximum Gasteiger partial charge on any atom is 0.152 e. The quantitative estimate of drug-likeness (QED) is 0.645. The predicted molar refractivity (Wildman–Crippen MR) is 62.5 cm³/mol. The van der Waals surface area contributed by atoms with Crippen molar-refractivity contribution in [3.05, 3.63) is 12.2 Å². The van der Waals surface area contributed by atoms with Crippen LogP contribution in [0, 0.1) is 23.2 Å². The summed E-state index contributed by atoms with van der Waals surface area (Å²) in [5.41, 5.74) is 0.504. The fraction of sp³-hybridized carbons (Fsp3) is 0.786. The van der Waals surface area contributed by atoms with Crippen LogP contribution in [-0.4, -0.2) is 5.78 Å². The van der Waals surface area contributed by atoms with E-state index in [1.807, 2.05) is 0 Å². The number of hydrogen-bond acceptors (Lipinski definition) is 1. The lowest BCUT2D eigenvalue weighted by Crippen LogP contribution is -2.30. The molecule has 0 unspecified atom stereocenters. The first-order valence-corrected chi connectivity index (χ1v) is 6.19. The third-order valence-electron chi connectivity index (χ3n) is 4.79. The molecule has 2 fully saturated rings. The molecule has 0 aliphatic heterocycles. The Morgan fingerprint density at radius 3 is 2.67 bits per heavy atom. The lowest BCUT2D eigenvalue weighted by molar-refractivity contribution is -0.112. The van der Waals surface area contributed by atoms with Crippen LogP contribution in [0.25, 0.3) is 0 Å². The second-order valence-corrected chi connectivity index (χ2v) is 5.95. The van der Waals surface area contributed by atoms with Crippen LogP contribution in [0.5, 0.6) is 0 Å². The molecule has 0 heterocycles. The van der Waals surface area contributed by atoms with Gasteiger partial charge in [-0.25, -0.2) is 0 Å². The molecule has 0 aromatic rings. The van der Waals surface area contributed by atoms with Gasteiger partial charge in [0.2, 0.25) is 0 Å². The first-order chi connectivity index (χ1) is 7.01. The van der Waals surface area contributed by atoms with Gasteiger partial charge in [0.1, 0.15) is 0 Å². The molecule has 84 valence electrons. The molecule has 0 aromatic carbocycles. The molecule has 0 saturated heterocycles.